The summed E-state index contributed by atoms with van der Waals surface area (Å²) in [5.41, 5.74) is 6.40. The van der Waals surface area contributed by atoms with Crippen molar-refractivity contribution < 1.29 is 26.0 Å². The first-order chi connectivity index (χ1) is 15.2. The molecule has 1 aromatic heterocycles. The maximum Gasteiger partial charge on any atom is 0.282 e. The fourth-order valence-corrected chi connectivity index (χ4v) is 9.01. The van der Waals surface area contributed by atoms with E-state index in [2.05, 4.69) is 0 Å². The number of hydrogen-bond acceptors (Lipinski definition) is 7. The third kappa shape index (κ3) is 4.91. The van der Waals surface area contributed by atoms with Gasteiger partial charge in [-0.25, -0.2) is 12.8 Å². The van der Waals surface area contributed by atoms with E-state index in [1.807, 2.05) is 0 Å². The first-order valence-electron chi connectivity index (χ1n) is 10.3. The van der Waals surface area contributed by atoms with Crippen LogP contribution < -0.4 is 5.73 Å². The summed E-state index contributed by atoms with van der Waals surface area (Å²) in [7, 11) is -7.60. The molecular weight excluding hydrogens is 477 g/mol. The molecule has 0 aliphatic carbocycles. The van der Waals surface area contributed by atoms with Gasteiger partial charge in [-0.1, -0.05) is 12.1 Å². The number of hydrogen-bond donors (Lipinski definition) is 1. The van der Waals surface area contributed by atoms with Gasteiger partial charge in [-0.2, -0.15) is 17.0 Å². The van der Waals surface area contributed by atoms with Crippen molar-refractivity contribution in [1.82, 2.24) is 8.61 Å². The van der Waals surface area contributed by atoms with Gasteiger partial charge >= 0.3 is 0 Å². The zero-order valence-electron chi connectivity index (χ0n) is 17.4. The van der Waals surface area contributed by atoms with E-state index in [1.165, 1.54) is 26.8 Å². The molecule has 2 aliphatic rings. The zero-order chi connectivity index (χ0) is 22.9. The molecule has 0 bridgehead atoms. The van der Waals surface area contributed by atoms with E-state index in [0.717, 1.165) is 21.8 Å². The average molecular weight is 504 g/mol. The number of benzene rings is 1. The number of halogens is 1. The molecular formula is C20H26FN3O5S3. The predicted octanol–water partition coefficient (Wildman–Crippen LogP) is 1.55. The van der Waals surface area contributed by atoms with E-state index in [1.54, 1.807) is 18.2 Å². The van der Waals surface area contributed by atoms with Crippen LogP contribution >= 0.6 is 11.3 Å². The highest BCUT2D eigenvalue weighted by Crippen LogP contribution is 2.36. The number of sulfone groups is 1. The zero-order valence-corrected chi connectivity index (χ0v) is 19.8. The van der Waals surface area contributed by atoms with Crippen LogP contribution in [-0.4, -0.2) is 70.1 Å². The van der Waals surface area contributed by atoms with Gasteiger partial charge in [-0.05, 0) is 42.2 Å². The van der Waals surface area contributed by atoms with E-state index in [9.17, 15) is 21.2 Å². The second-order valence-electron chi connectivity index (χ2n) is 7.93. The maximum absolute atomic E-state index is 13.4. The summed E-state index contributed by atoms with van der Waals surface area (Å²) in [5.74, 6) is -0.926. The molecule has 32 heavy (non-hydrogen) atoms. The molecule has 2 aromatic rings. The summed E-state index contributed by atoms with van der Waals surface area (Å²) >= 11 is 1.11. The molecule has 1 aromatic carbocycles. The lowest BCUT2D eigenvalue weighted by Crippen LogP contribution is -2.51. The van der Waals surface area contributed by atoms with Gasteiger partial charge in [0.1, 0.15) is 10.0 Å². The van der Waals surface area contributed by atoms with Crippen molar-refractivity contribution in [3.05, 3.63) is 52.7 Å². The molecule has 4 rings (SSSR count). The lowest BCUT2D eigenvalue weighted by molar-refractivity contribution is 0.0700. The largest absolute Gasteiger partial charge is 0.379 e. The lowest BCUT2D eigenvalue weighted by atomic mass is 9.97. The molecule has 0 radical (unpaired) electrons. The van der Waals surface area contributed by atoms with Crippen molar-refractivity contribution in [3.8, 4) is 0 Å². The molecule has 3 heterocycles. The van der Waals surface area contributed by atoms with Crippen molar-refractivity contribution in [2.24, 2.45) is 5.73 Å². The van der Waals surface area contributed by atoms with Crippen molar-refractivity contribution in [2.45, 2.75) is 29.1 Å². The third-order valence-corrected chi connectivity index (χ3v) is 11.4. The van der Waals surface area contributed by atoms with Gasteiger partial charge in [0.25, 0.3) is 10.2 Å². The minimum Gasteiger partial charge on any atom is -0.379 e. The molecule has 2 atom stereocenters. The van der Waals surface area contributed by atoms with E-state index in [4.69, 9.17) is 10.5 Å². The molecule has 12 heteroatoms. The molecule has 0 spiro atoms. The van der Waals surface area contributed by atoms with Crippen LogP contribution in [0.5, 0.6) is 0 Å². The van der Waals surface area contributed by atoms with Gasteiger partial charge < -0.3 is 10.5 Å². The summed E-state index contributed by atoms with van der Waals surface area (Å²) in [5, 5.41) is 0. The van der Waals surface area contributed by atoms with Gasteiger partial charge in [0.05, 0.1) is 19.0 Å². The molecule has 2 fully saturated rings. The summed E-state index contributed by atoms with van der Waals surface area (Å²) in [4.78, 5) is 0.747. The topological polar surface area (TPSA) is 110 Å². The van der Waals surface area contributed by atoms with E-state index < -0.39 is 26.1 Å². The van der Waals surface area contributed by atoms with E-state index in [-0.39, 0.29) is 47.9 Å². The van der Waals surface area contributed by atoms with Crippen LogP contribution in [0.3, 0.4) is 0 Å². The van der Waals surface area contributed by atoms with Gasteiger partial charge in [-0.3, -0.25) is 0 Å². The van der Waals surface area contributed by atoms with Crippen LogP contribution in [0.15, 0.2) is 40.6 Å². The Morgan fingerprint density at radius 2 is 1.75 bits per heavy atom. The molecule has 2 saturated heterocycles. The smallest absolute Gasteiger partial charge is 0.282 e. The summed E-state index contributed by atoms with van der Waals surface area (Å²) in [6.07, 6.45) is 0.337. The summed E-state index contributed by atoms with van der Waals surface area (Å²) < 4.78 is 74.6. The SMILES string of the molecule is NCc1ccc(S(=O)(=O)CC2CC(c3ccc(F)cc3)CN2S(=O)(=O)N2CCOCC2)s1. The molecule has 176 valence electrons. The first-order valence-corrected chi connectivity index (χ1v) is 14.2. The Hall–Kier alpha value is -1.41. The van der Waals surface area contributed by atoms with E-state index in [0.29, 0.717) is 19.6 Å². The van der Waals surface area contributed by atoms with Crippen molar-refractivity contribution in [2.75, 3.05) is 38.6 Å². The summed E-state index contributed by atoms with van der Waals surface area (Å²) in [6.45, 7) is 1.44. The second kappa shape index (κ2) is 9.45. The Balaban J connectivity index is 1.63. The Morgan fingerprint density at radius 3 is 2.38 bits per heavy atom. The van der Waals surface area contributed by atoms with Crippen LogP contribution in [0.2, 0.25) is 0 Å². The molecule has 8 nitrogen and oxygen atoms in total. The standard InChI is InChI=1S/C20H26FN3O5S3/c21-17-3-1-15(2-4-17)16-11-18(14-31(25,26)20-6-5-19(12-22)30-20)24(13-16)32(27,28)23-7-9-29-10-8-23/h1-6,16,18H,7-14,22H2. The van der Waals surface area contributed by atoms with Crippen LogP contribution in [-0.2, 0) is 31.3 Å². The third-order valence-electron chi connectivity index (χ3n) is 5.85. The Morgan fingerprint density at radius 1 is 1.06 bits per heavy atom. The fraction of sp³-hybridized carbons (Fsp3) is 0.500. The van der Waals surface area contributed by atoms with Gasteiger partial charge in [0.15, 0.2) is 9.84 Å². The molecule has 2 N–H and O–H groups in total. The Labute approximate surface area is 191 Å². The summed E-state index contributed by atoms with van der Waals surface area (Å²) in [6, 6.07) is 8.39. The Bertz CT molecular complexity index is 1150. The normalized spacial score (nSPS) is 23.6. The second-order valence-corrected chi connectivity index (χ2v) is 13.2. The number of nitrogens with two attached hydrogens (primary N) is 1. The van der Waals surface area contributed by atoms with Crippen LogP contribution in [0.1, 0.15) is 22.8 Å². The fourth-order valence-electron chi connectivity index (χ4n) is 4.19. The van der Waals surface area contributed by atoms with E-state index >= 15 is 0 Å². The average Bonchev–Trinajstić information content (AvgIpc) is 3.43. The van der Waals surface area contributed by atoms with Gasteiger partial charge in [0.2, 0.25) is 0 Å². The highest BCUT2D eigenvalue weighted by atomic mass is 32.2. The molecule has 0 amide bonds. The maximum atomic E-state index is 13.4. The number of ether oxygens (including phenoxy) is 1. The minimum atomic E-state index is -3.88. The lowest BCUT2D eigenvalue weighted by Gasteiger charge is -2.32. The first kappa shape index (κ1) is 23.7. The quantitative estimate of drug-likeness (QED) is 0.614. The number of nitrogens with zero attached hydrogens (tertiary/aromatic N) is 2. The monoisotopic (exact) mass is 503 g/mol. The number of thiophene rings is 1. The van der Waals surface area contributed by atoms with Crippen LogP contribution in [0, 0.1) is 5.82 Å². The minimum absolute atomic E-state index is 0.143. The van der Waals surface area contributed by atoms with Crippen LogP contribution in [0.4, 0.5) is 4.39 Å². The van der Waals surface area contributed by atoms with Crippen molar-refractivity contribution >= 4 is 31.4 Å². The predicted molar refractivity (Wildman–Crippen MR) is 120 cm³/mol. The van der Waals surface area contributed by atoms with Gasteiger partial charge in [0, 0.05) is 37.1 Å². The molecule has 2 unspecified atom stereocenters. The van der Waals surface area contributed by atoms with Crippen molar-refractivity contribution in [1.29, 1.82) is 0 Å². The number of morpholine rings is 1. The van der Waals surface area contributed by atoms with Gasteiger partial charge in [-0.15, -0.1) is 11.3 Å². The number of rotatable bonds is 7. The van der Waals surface area contributed by atoms with Crippen LogP contribution in [0.25, 0.3) is 0 Å². The highest BCUT2D eigenvalue weighted by molar-refractivity contribution is 7.93. The Kier molecular flexibility index (Phi) is 7.01. The molecule has 2 aliphatic heterocycles. The molecule has 0 saturated carbocycles. The van der Waals surface area contributed by atoms with Crippen molar-refractivity contribution in [3.63, 3.8) is 0 Å². The highest BCUT2D eigenvalue weighted by Gasteiger charge is 2.45.